The van der Waals surface area contributed by atoms with Crippen molar-refractivity contribution in [2.45, 2.75) is 44.3 Å². The van der Waals surface area contributed by atoms with E-state index in [0.717, 1.165) is 18.6 Å². The third kappa shape index (κ3) is 2.59. The maximum Gasteiger partial charge on any atom is 0.122 e. The first-order valence-electron chi connectivity index (χ1n) is 7.14. The van der Waals surface area contributed by atoms with Gasteiger partial charge in [0.1, 0.15) is 5.82 Å². The lowest BCUT2D eigenvalue weighted by molar-refractivity contribution is 0.175. The van der Waals surface area contributed by atoms with Gasteiger partial charge in [0.05, 0.1) is 6.54 Å². The molecular weight excluding hydrogens is 224 g/mol. The molecule has 1 aliphatic carbocycles. The minimum Gasteiger partial charge on any atom is -0.337 e. The molecule has 1 aromatic rings. The van der Waals surface area contributed by atoms with Crippen LogP contribution in [0.1, 0.15) is 31.5 Å². The van der Waals surface area contributed by atoms with Gasteiger partial charge in [-0.2, -0.15) is 0 Å². The Morgan fingerprint density at radius 2 is 2.17 bits per heavy atom. The summed E-state index contributed by atoms with van der Waals surface area (Å²) in [5.41, 5.74) is 0. The molecule has 1 saturated carbocycles. The fourth-order valence-corrected chi connectivity index (χ4v) is 2.99. The molecule has 4 nitrogen and oxygen atoms in total. The summed E-state index contributed by atoms with van der Waals surface area (Å²) in [6, 6.07) is 1.57. The van der Waals surface area contributed by atoms with E-state index in [0.29, 0.717) is 0 Å². The van der Waals surface area contributed by atoms with Crippen LogP contribution in [0.4, 0.5) is 0 Å². The Kier molecular flexibility index (Phi) is 3.39. The molecule has 0 spiro atoms. The molecule has 3 rings (SSSR count). The summed E-state index contributed by atoms with van der Waals surface area (Å²) in [4.78, 5) is 9.64. The zero-order chi connectivity index (χ0) is 12.5. The molecule has 2 fully saturated rings. The third-order valence-corrected chi connectivity index (χ3v) is 4.45. The Bertz CT molecular complexity index is 396. The van der Waals surface area contributed by atoms with Gasteiger partial charge in [-0.05, 0) is 39.3 Å². The van der Waals surface area contributed by atoms with Crippen LogP contribution in [0.3, 0.4) is 0 Å². The quantitative estimate of drug-likeness (QED) is 0.789. The number of imidazole rings is 1. The molecule has 1 aromatic heterocycles. The van der Waals surface area contributed by atoms with E-state index in [2.05, 4.69) is 33.4 Å². The molecule has 0 amide bonds. The highest BCUT2D eigenvalue weighted by Gasteiger charge is 2.33. The van der Waals surface area contributed by atoms with E-state index < -0.39 is 0 Å². The number of aromatic nitrogens is 2. The van der Waals surface area contributed by atoms with E-state index in [-0.39, 0.29) is 0 Å². The number of likely N-dealkylation sites (N-methyl/N-ethyl adjacent to an activating group) is 1. The van der Waals surface area contributed by atoms with Crippen LogP contribution in [-0.2, 0) is 13.6 Å². The lowest BCUT2D eigenvalue weighted by Gasteiger charge is -2.28. The van der Waals surface area contributed by atoms with Crippen LogP contribution in [0.5, 0.6) is 0 Å². The van der Waals surface area contributed by atoms with E-state index >= 15 is 0 Å². The van der Waals surface area contributed by atoms with Gasteiger partial charge in [0, 0.05) is 38.1 Å². The van der Waals surface area contributed by atoms with Crippen LogP contribution >= 0.6 is 0 Å². The predicted molar refractivity (Wildman–Crippen MR) is 72.3 cm³/mol. The smallest absolute Gasteiger partial charge is 0.122 e. The van der Waals surface area contributed by atoms with E-state index in [1.54, 1.807) is 0 Å². The molecule has 2 heterocycles. The highest BCUT2D eigenvalue weighted by Crippen LogP contribution is 2.29. The van der Waals surface area contributed by atoms with E-state index in [9.17, 15) is 0 Å². The number of nitrogens with zero attached hydrogens (tertiary/aromatic N) is 4. The minimum atomic E-state index is 0.755. The van der Waals surface area contributed by atoms with Crippen LogP contribution in [0.2, 0.25) is 0 Å². The van der Waals surface area contributed by atoms with Crippen molar-refractivity contribution in [2.75, 3.05) is 20.1 Å². The normalized spacial score (nSPS) is 25.2. The number of likely N-dealkylation sites (tertiary alicyclic amines) is 1. The van der Waals surface area contributed by atoms with E-state index in [4.69, 9.17) is 0 Å². The van der Waals surface area contributed by atoms with Gasteiger partial charge in [0.15, 0.2) is 0 Å². The minimum absolute atomic E-state index is 0.755. The summed E-state index contributed by atoms with van der Waals surface area (Å²) in [6.45, 7) is 3.50. The Morgan fingerprint density at radius 1 is 1.33 bits per heavy atom. The highest BCUT2D eigenvalue weighted by molar-refractivity contribution is 4.96. The average molecular weight is 248 g/mol. The molecule has 0 N–H and O–H groups in total. The van der Waals surface area contributed by atoms with Crippen molar-refractivity contribution in [1.29, 1.82) is 0 Å². The fraction of sp³-hybridized carbons (Fsp3) is 0.786. The van der Waals surface area contributed by atoms with Crippen molar-refractivity contribution in [3.8, 4) is 0 Å². The Balaban J connectivity index is 1.63. The molecule has 0 aromatic carbocycles. The van der Waals surface area contributed by atoms with Gasteiger partial charge in [0.2, 0.25) is 0 Å². The molecule has 0 unspecified atom stereocenters. The predicted octanol–water partition coefficient (Wildman–Crippen LogP) is 1.48. The summed E-state index contributed by atoms with van der Waals surface area (Å²) in [5, 5.41) is 0. The van der Waals surface area contributed by atoms with Crippen LogP contribution < -0.4 is 0 Å². The monoisotopic (exact) mass is 248 g/mol. The highest BCUT2D eigenvalue weighted by atomic mass is 15.3. The van der Waals surface area contributed by atoms with Crippen molar-refractivity contribution in [1.82, 2.24) is 19.4 Å². The van der Waals surface area contributed by atoms with Gasteiger partial charge in [-0.15, -0.1) is 0 Å². The zero-order valence-electron chi connectivity index (χ0n) is 11.5. The molecule has 1 saturated heterocycles. The van der Waals surface area contributed by atoms with Crippen LogP contribution in [0.15, 0.2) is 12.4 Å². The summed E-state index contributed by atoms with van der Waals surface area (Å²) in [7, 11) is 4.36. The first-order chi connectivity index (χ1) is 8.74. The second-order valence-corrected chi connectivity index (χ2v) is 5.89. The molecule has 100 valence electrons. The van der Waals surface area contributed by atoms with Crippen LogP contribution in [0.25, 0.3) is 0 Å². The van der Waals surface area contributed by atoms with E-state index in [1.165, 1.54) is 44.6 Å². The number of aryl methyl sites for hydroxylation is 1. The summed E-state index contributed by atoms with van der Waals surface area (Å²) >= 11 is 0. The van der Waals surface area contributed by atoms with Gasteiger partial charge in [-0.25, -0.2) is 4.98 Å². The van der Waals surface area contributed by atoms with Gasteiger partial charge >= 0.3 is 0 Å². The topological polar surface area (TPSA) is 24.3 Å². The Labute approximate surface area is 110 Å². The average Bonchev–Trinajstić information content (AvgIpc) is 3.02. The van der Waals surface area contributed by atoms with Gasteiger partial charge in [-0.1, -0.05) is 0 Å². The molecule has 1 aliphatic heterocycles. The number of hydrogen-bond donors (Lipinski definition) is 0. The first-order valence-corrected chi connectivity index (χ1v) is 7.14. The van der Waals surface area contributed by atoms with Crippen LogP contribution in [-0.4, -0.2) is 51.6 Å². The largest absolute Gasteiger partial charge is 0.337 e. The van der Waals surface area contributed by atoms with Crippen molar-refractivity contribution in [2.24, 2.45) is 7.05 Å². The molecule has 0 bridgehead atoms. The molecule has 2 aliphatic rings. The van der Waals surface area contributed by atoms with E-state index in [1.807, 2.05) is 12.4 Å². The standard InChI is InChI=1S/C14H24N4/c1-16-8-3-4-13(16)10-18(12-5-6-12)11-14-15-7-9-17(14)2/h7,9,12-13H,3-6,8,10-11H2,1-2H3/t13-/m0/s1. The molecule has 1 atom stereocenters. The molecule has 0 radical (unpaired) electrons. The molecular formula is C14H24N4. The van der Waals surface area contributed by atoms with Crippen molar-refractivity contribution in [3.63, 3.8) is 0 Å². The Morgan fingerprint density at radius 3 is 2.72 bits per heavy atom. The van der Waals surface area contributed by atoms with Gasteiger partial charge in [-0.3, -0.25) is 4.90 Å². The third-order valence-electron chi connectivity index (χ3n) is 4.45. The second kappa shape index (κ2) is 5.02. The lowest BCUT2D eigenvalue weighted by Crippen LogP contribution is -2.39. The maximum absolute atomic E-state index is 4.47. The zero-order valence-corrected chi connectivity index (χ0v) is 11.5. The summed E-state index contributed by atoms with van der Waals surface area (Å²) < 4.78 is 2.15. The fourth-order valence-electron chi connectivity index (χ4n) is 2.99. The lowest BCUT2D eigenvalue weighted by atomic mass is 10.2. The van der Waals surface area contributed by atoms with Crippen molar-refractivity contribution in [3.05, 3.63) is 18.2 Å². The Hall–Kier alpha value is -0.870. The number of hydrogen-bond acceptors (Lipinski definition) is 3. The molecule has 18 heavy (non-hydrogen) atoms. The second-order valence-electron chi connectivity index (χ2n) is 5.89. The van der Waals surface area contributed by atoms with Gasteiger partial charge < -0.3 is 9.47 Å². The number of rotatable bonds is 5. The SMILES string of the molecule is CN1CCC[C@H]1CN(Cc1nccn1C)C1CC1. The summed E-state index contributed by atoms with van der Waals surface area (Å²) in [6.07, 6.45) is 9.42. The van der Waals surface area contributed by atoms with Crippen molar-refractivity contribution >= 4 is 0 Å². The van der Waals surface area contributed by atoms with Gasteiger partial charge in [0.25, 0.3) is 0 Å². The molecule has 4 heteroatoms. The van der Waals surface area contributed by atoms with Crippen molar-refractivity contribution < 1.29 is 0 Å². The maximum atomic E-state index is 4.47. The summed E-state index contributed by atoms with van der Waals surface area (Å²) in [5.74, 6) is 1.20. The first kappa shape index (κ1) is 12.2. The van der Waals surface area contributed by atoms with Crippen LogP contribution in [0, 0.1) is 0 Å².